The predicted octanol–water partition coefficient (Wildman–Crippen LogP) is 0.634. The van der Waals surface area contributed by atoms with Crippen molar-refractivity contribution >= 4 is 5.91 Å². The second-order valence-corrected chi connectivity index (χ2v) is 6.73. The maximum absolute atomic E-state index is 11.0. The third-order valence-corrected chi connectivity index (χ3v) is 4.47. The molecule has 9 nitrogen and oxygen atoms in total. The van der Waals surface area contributed by atoms with Crippen LogP contribution in [0.4, 0.5) is 0 Å². The summed E-state index contributed by atoms with van der Waals surface area (Å²) >= 11 is 0. The van der Waals surface area contributed by atoms with Crippen LogP contribution in [0.2, 0.25) is 0 Å². The van der Waals surface area contributed by atoms with Crippen LogP contribution in [0, 0.1) is 0 Å². The van der Waals surface area contributed by atoms with E-state index in [4.69, 9.17) is 24.7 Å². The third kappa shape index (κ3) is 4.61. The van der Waals surface area contributed by atoms with Gasteiger partial charge < -0.3 is 24.7 Å². The largest absolute Gasteiger partial charge is 0.486 e. The number of ether oxygens (including phenoxy) is 4. The van der Waals surface area contributed by atoms with Gasteiger partial charge in [-0.15, -0.1) is 0 Å². The lowest BCUT2D eigenvalue weighted by Crippen LogP contribution is -2.34. The molecule has 1 amide bonds. The average molecular weight is 386 g/mol. The van der Waals surface area contributed by atoms with Crippen LogP contribution >= 0.6 is 0 Å². The Bertz CT molecular complexity index is 833. The molecule has 1 saturated heterocycles. The van der Waals surface area contributed by atoms with E-state index in [0.717, 1.165) is 18.7 Å². The van der Waals surface area contributed by atoms with Crippen molar-refractivity contribution in [3.63, 3.8) is 0 Å². The lowest BCUT2D eigenvalue weighted by Gasteiger charge is -2.26. The summed E-state index contributed by atoms with van der Waals surface area (Å²) in [5.41, 5.74) is 5.23. The van der Waals surface area contributed by atoms with E-state index >= 15 is 0 Å². The van der Waals surface area contributed by atoms with Gasteiger partial charge in [-0.1, -0.05) is 12.1 Å². The van der Waals surface area contributed by atoms with Crippen LogP contribution < -0.4 is 24.7 Å². The Labute approximate surface area is 162 Å². The average Bonchev–Trinajstić information content (AvgIpc) is 3.12. The molecule has 148 valence electrons. The number of aromatic nitrogens is 2. The van der Waals surface area contributed by atoms with E-state index in [1.807, 2.05) is 29.2 Å². The van der Waals surface area contributed by atoms with Crippen molar-refractivity contribution in [3.05, 3.63) is 36.7 Å². The van der Waals surface area contributed by atoms with Crippen molar-refractivity contribution in [2.75, 3.05) is 32.8 Å². The highest BCUT2D eigenvalue weighted by Crippen LogP contribution is 2.31. The van der Waals surface area contributed by atoms with Gasteiger partial charge >= 0.3 is 0 Å². The number of nitrogens with two attached hydrogens (primary N) is 1. The minimum absolute atomic E-state index is 0.0597. The third-order valence-electron chi connectivity index (χ3n) is 4.47. The molecule has 0 radical (unpaired) electrons. The molecular formula is C19H22N4O5. The zero-order chi connectivity index (χ0) is 19.3. The van der Waals surface area contributed by atoms with Gasteiger partial charge in [0.15, 0.2) is 17.6 Å². The SMILES string of the molecule is NC(=O)CN1CCC(Oc2cncc(OCC3COc4ccccc4O3)n2)C1. The number of amides is 1. The molecule has 2 aliphatic heterocycles. The molecule has 2 N–H and O–H groups in total. The monoisotopic (exact) mass is 386 g/mol. The fourth-order valence-corrected chi connectivity index (χ4v) is 3.21. The summed E-state index contributed by atoms with van der Waals surface area (Å²) in [5.74, 6) is 1.83. The molecule has 1 aromatic carbocycles. The Morgan fingerprint density at radius 2 is 2.07 bits per heavy atom. The zero-order valence-corrected chi connectivity index (χ0v) is 15.3. The van der Waals surface area contributed by atoms with Gasteiger partial charge in [0.1, 0.15) is 19.3 Å². The van der Waals surface area contributed by atoms with Crippen molar-refractivity contribution in [3.8, 4) is 23.3 Å². The molecule has 2 aromatic rings. The van der Waals surface area contributed by atoms with Gasteiger partial charge in [-0.25, -0.2) is 0 Å². The molecule has 0 aliphatic carbocycles. The summed E-state index contributed by atoms with van der Waals surface area (Å²) in [5, 5.41) is 0. The van der Waals surface area contributed by atoms with E-state index < -0.39 is 0 Å². The first-order chi connectivity index (χ1) is 13.7. The Kier molecular flexibility index (Phi) is 5.43. The van der Waals surface area contributed by atoms with Gasteiger partial charge in [0.05, 0.1) is 18.9 Å². The van der Waals surface area contributed by atoms with E-state index in [1.165, 1.54) is 6.20 Å². The fourth-order valence-electron chi connectivity index (χ4n) is 3.21. The van der Waals surface area contributed by atoms with Crippen molar-refractivity contribution in [1.29, 1.82) is 0 Å². The van der Waals surface area contributed by atoms with Gasteiger partial charge in [0.2, 0.25) is 17.7 Å². The molecule has 1 fully saturated rings. The summed E-state index contributed by atoms with van der Waals surface area (Å²) in [7, 11) is 0. The van der Waals surface area contributed by atoms with Gasteiger partial charge in [0.25, 0.3) is 0 Å². The second-order valence-electron chi connectivity index (χ2n) is 6.73. The number of hydrogen-bond donors (Lipinski definition) is 1. The van der Waals surface area contributed by atoms with Crippen LogP contribution in [0.25, 0.3) is 0 Å². The van der Waals surface area contributed by atoms with Crippen LogP contribution in [-0.4, -0.2) is 65.8 Å². The molecule has 9 heteroatoms. The molecule has 0 spiro atoms. The second kappa shape index (κ2) is 8.30. The van der Waals surface area contributed by atoms with Crippen molar-refractivity contribution in [2.45, 2.75) is 18.6 Å². The number of hydrogen-bond acceptors (Lipinski definition) is 8. The number of para-hydroxylation sites is 2. The van der Waals surface area contributed by atoms with Crippen molar-refractivity contribution in [1.82, 2.24) is 14.9 Å². The summed E-state index contributed by atoms with van der Waals surface area (Å²) < 4.78 is 23.1. The number of carbonyl (C=O) groups excluding carboxylic acids is 1. The van der Waals surface area contributed by atoms with Crippen LogP contribution in [0.1, 0.15) is 6.42 Å². The van der Waals surface area contributed by atoms with E-state index in [0.29, 0.717) is 30.7 Å². The molecule has 2 atom stereocenters. The Hall–Kier alpha value is -3.07. The highest BCUT2D eigenvalue weighted by molar-refractivity contribution is 5.75. The number of benzene rings is 1. The topological polar surface area (TPSA) is 109 Å². The van der Waals surface area contributed by atoms with Crippen molar-refractivity contribution in [2.24, 2.45) is 5.73 Å². The molecule has 0 bridgehead atoms. The molecule has 3 heterocycles. The molecule has 28 heavy (non-hydrogen) atoms. The molecule has 0 saturated carbocycles. The Balaban J connectivity index is 1.28. The van der Waals surface area contributed by atoms with Crippen molar-refractivity contribution < 1.29 is 23.7 Å². The predicted molar refractivity (Wildman–Crippen MR) is 98.5 cm³/mol. The number of fused-ring (bicyclic) bond motifs is 1. The normalized spacial score (nSPS) is 21.3. The quantitative estimate of drug-likeness (QED) is 0.738. The van der Waals surface area contributed by atoms with Gasteiger partial charge in [-0.3, -0.25) is 14.7 Å². The van der Waals surface area contributed by atoms with E-state index in [-0.39, 0.29) is 31.3 Å². The molecule has 2 unspecified atom stereocenters. The maximum atomic E-state index is 11.0. The lowest BCUT2D eigenvalue weighted by molar-refractivity contribution is -0.118. The maximum Gasteiger partial charge on any atom is 0.235 e. The summed E-state index contributed by atoms with van der Waals surface area (Å²) in [4.78, 5) is 21.4. The van der Waals surface area contributed by atoms with E-state index in [1.54, 1.807) is 6.20 Å². The molecule has 1 aromatic heterocycles. The standard InChI is InChI=1S/C19H22N4O5/c20-17(24)10-23-6-5-13(9-23)28-19-8-21-7-18(22-19)26-12-14-11-25-15-3-1-2-4-16(15)27-14/h1-4,7-8,13-14H,5-6,9-12H2,(H2,20,24). The first-order valence-electron chi connectivity index (χ1n) is 9.16. The highest BCUT2D eigenvalue weighted by atomic mass is 16.6. The first kappa shape index (κ1) is 18.3. The smallest absolute Gasteiger partial charge is 0.235 e. The van der Waals surface area contributed by atoms with Crippen LogP contribution in [0.3, 0.4) is 0 Å². The fraction of sp³-hybridized carbons (Fsp3) is 0.421. The summed E-state index contributed by atoms with van der Waals surface area (Å²) in [6.07, 6.45) is 3.57. The van der Waals surface area contributed by atoms with E-state index in [2.05, 4.69) is 9.97 Å². The molecule has 2 aliphatic rings. The van der Waals surface area contributed by atoms with E-state index in [9.17, 15) is 4.79 Å². The number of rotatable bonds is 7. The van der Waals surface area contributed by atoms with Crippen LogP contribution in [0.15, 0.2) is 36.7 Å². The minimum Gasteiger partial charge on any atom is -0.486 e. The van der Waals surface area contributed by atoms with Gasteiger partial charge in [-0.2, -0.15) is 4.98 Å². The number of nitrogens with zero attached hydrogens (tertiary/aromatic N) is 3. The zero-order valence-electron chi connectivity index (χ0n) is 15.3. The lowest BCUT2D eigenvalue weighted by atomic mass is 10.3. The highest BCUT2D eigenvalue weighted by Gasteiger charge is 2.25. The number of likely N-dealkylation sites (tertiary alicyclic amines) is 1. The summed E-state index contributed by atoms with van der Waals surface area (Å²) in [6, 6.07) is 7.52. The Morgan fingerprint density at radius 1 is 1.25 bits per heavy atom. The number of carbonyl (C=O) groups is 1. The molecule has 4 rings (SSSR count). The van der Waals surface area contributed by atoms with Crippen LogP contribution in [0.5, 0.6) is 23.3 Å². The van der Waals surface area contributed by atoms with Gasteiger partial charge in [-0.05, 0) is 18.6 Å². The van der Waals surface area contributed by atoms with Gasteiger partial charge in [0, 0.05) is 13.1 Å². The minimum atomic E-state index is -0.340. The van der Waals surface area contributed by atoms with Crippen LogP contribution in [-0.2, 0) is 4.79 Å². The summed E-state index contributed by atoms with van der Waals surface area (Å²) in [6.45, 7) is 2.31. The number of primary amides is 1. The molecular weight excluding hydrogens is 364 g/mol. The Morgan fingerprint density at radius 3 is 2.93 bits per heavy atom. The first-order valence-corrected chi connectivity index (χ1v) is 9.16.